The molecule has 1 N–H and O–H groups in total. The van der Waals surface area contributed by atoms with Crippen molar-refractivity contribution in [3.05, 3.63) is 77.1 Å². The number of carbonyl (C=O) groups excluding carboxylic acids is 2. The van der Waals surface area contributed by atoms with Gasteiger partial charge in [0.15, 0.2) is 16.8 Å². The third-order valence-corrected chi connectivity index (χ3v) is 5.44. The minimum absolute atomic E-state index is 0.0380. The standard InChI is InChI=1S/C21H22N4O2S/c1-14-9-7-8-12-17(14)20(27)22-15(2)19-23-24-21(25(19)3)28-13-18(26)16-10-5-4-6-11-16/h4-12,15H,13H2,1-3H3,(H,22,27)/t15-/m0/s1. The van der Waals surface area contributed by atoms with E-state index >= 15 is 0 Å². The summed E-state index contributed by atoms with van der Waals surface area (Å²) in [5.74, 6) is 0.801. The second-order valence-corrected chi connectivity index (χ2v) is 7.43. The number of aromatic nitrogens is 3. The number of aryl methyl sites for hydroxylation is 1. The Kier molecular flexibility index (Phi) is 6.26. The van der Waals surface area contributed by atoms with Gasteiger partial charge in [-0.2, -0.15) is 0 Å². The van der Waals surface area contributed by atoms with Crippen LogP contribution in [0.4, 0.5) is 0 Å². The third kappa shape index (κ3) is 4.48. The molecule has 0 spiro atoms. The first-order valence-corrected chi connectivity index (χ1v) is 9.92. The maximum absolute atomic E-state index is 12.5. The molecular formula is C21H22N4O2S. The summed E-state index contributed by atoms with van der Waals surface area (Å²) >= 11 is 1.33. The summed E-state index contributed by atoms with van der Waals surface area (Å²) in [7, 11) is 1.83. The average molecular weight is 395 g/mol. The van der Waals surface area contributed by atoms with Crippen LogP contribution in [0.5, 0.6) is 0 Å². The fourth-order valence-electron chi connectivity index (χ4n) is 2.83. The summed E-state index contributed by atoms with van der Waals surface area (Å²) in [5.41, 5.74) is 2.23. The van der Waals surface area contributed by atoms with Gasteiger partial charge in [-0.3, -0.25) is 9.59 Å². The quantitative estimate of drug-likeness (QED) is 0.489. The normalized spacial score (nSPS) is 11.8. The molecule has 0 saturated heterocycles. The Morgan fingerprint density at radius 1 is 1.07 bits per heavy atom. The van der Waals surface area contributed by atoms with Gasteiger partial charge in [0, 0.05) is 18.2 Å². The molecule has 28 heavy (non-hydrogen) atoms. The van der Waals surface area contributed by atoms with Crippen LogP contribution < -0.4 is 5.32 Å². The molecule has 3 aromatic rings. The molecular weight excluding hydrogens is 372 g/mol. The molecule has 144 valence electrons. The molecule has 0 aliphatic heterocycles. The SMILES string of the molecule is Cc1ccccc1C(=O)N[C@@H](C)c1nnc(SCC(=O)c2ccccc2)n1C. The van der Waals surface area contributed by atoms with E-state index in [9.17, 15) is 9.59 Å². The van der Waals surface area contributed by atoms with Crippen LogP contribution in [0.2, 0.25) is 0 Å². The first kappa shape index (κ1) is 19.8. The maximum atomic E-state index is 12.5. The Hall–Kier alpha value is -2.93. The summed E-state index contributed by atoms with van der Waals surface area (Å²) in [6.45, 7) is 3.77. The molecule has 0 aliphatic carbocycles. The number of ketones is 1. The van der Waals surface area contributed by atoms with Gasteiger partial charge in [-0.1, -0.05) is 60.3 Å². The minimum atomic E-state index is -0.316. The maximum Gasteiger partial charge on any atom is 0.252 e. The lowest BCUT2D eigenvalue weighted by Crippen LogP contribution is -2.29. The number of carbonyl (C=O) groups is 2. The topological polar surface area (TPSA) is 76.9 Å². The predicted molar refractivity (Wildman–Crippen MR) is 110 cm³/mol. The zero-order valence-electron chi connectivity index (χ0n) is 16.0. The number of thioether (sulfide) groups is 1. The molecule has 0 fully saturated rings. The Morgan fingerprint density at radius 2 is 1.75 bits per heavy atom. The molecule has 1 atom stereocenters. The van der Waals surface area contributed by atoms with Crippen molar-refractivity contribution in [2.75, 3.05) is 5.75 Å². The molecule has 1 heterocycles. The van der Waals surface area contributed by atoms with Crippen molar-refractivity contribution in [2.45, 2.75) is 25.0 Å². The minimum Gasteiger partial charge on any atom is -0.342 e. The van der Waals surface area contributed by atoms with Crippen LogP contribution in [0.1, 0.15) is 45.1 Å². The predicted octanol–water partition coefficient (Wildman–Crippen LogP) is 3.59. The molecule has 0 saturated carbocycles. The summed E-state index contributed by atoms with van der Waals surface area (Å²) < 4.78 is 1.81. The number of hydrogen-bond donors (Lipinski definition) is 1. The first-order chi connectivity index (χ1) is 13.5. The number of hydrogen-bond acceptors (Lipinski definition) is 5. The van der Waals surface area contributed by atoms with Crippen LogP contribution in [0.15, 0.2) is 59.8 Å². The molecule has 6 nitrogen and oxygen atoms in total. The van der Waals surface area contributed by atoms with Gasteiger partial charge in [0.25, 0.3) is 5.91 Å². The highest BCUT2D eigenvalue weighted by atomic mass is 32.2. The van der Waals surface area contributed by atoms with Crippen LogP contribution in [-0.4, -0.2) is 32.2 Å². The average Bonchev–Trinajstić information content (AvgIpc) is 3.07. The number of benzene rings is 2. The number of nitrogens with one attached hydrogen (secondary N) is 1. The van der Waals surface area contributed by atoms with Crippen molar-refractivity contribution in [1.82, 2.24) is 20.1 Å². The Balaban J connectivity index is 1.64. The Bertz CT molecular complexity index is 985. The second kappa shape index (κ2) is 8.84. The summed E-state index contributed by atoms with van der Waals surface area (Å²) in [5, 5.41) is 12.0. The molecule has 1 amide bonds. The van der Waals surface area contributed by atoms with Crippen molar-refractivity contribution in [1.29, 1.82) is 0 Å². The van der Waals surface area contributed by atoms with Gasteiger partial charge in [-0.05, 0) is 25.5 Å². The molecule has 0 aliphatic rings. The monoisotopic (exact) mass is 394 g/mol. The van der Waals surface area contributed by atoms with Crippen molar-refractivity contribution in [3.8, 4) is 0 Å². The lowest BCUT2D eigenvalue weighted by molar-refractivity contribution is 0.0936. The Labute approximate surface area is 168 Å². The summed E-state index contributed by atoms with van der Waals surface area (Å²) in [4.78, 5) is 24.8. The zero-order chi connectivity index (χ0) is 20.1. The molecule has 3 rings (SSSR count). The van der Waals surface area contributed by atoms with Gasteiger partial charge < -0.3 is 9.88 Å². The van der Waals surface area contributed by atoms with Gasteiger partial charge in [0.2, 0.25) is 0 Å². The number of amides is 1. The molecule has 1 aromatic heterocycles. The van der Waals surface area contributed by atoms with E-state index in [1.54, 1.807) is 18.2 Å². The van der Waals surface area contributed by atoms with Gasteiger partial charge >= 0.3 is 0 Å². The van der Waals surface area contributed by atoms with E-state index in [0.29, 0.717) is 22.1 Å². The zero-order valence-corrected chi connectivity index (χ0v) is 16.9. The lowest BCUT2D eigenvalue weighted by atomic mass is 10.1. The van der Waals surface area contributed by atoms with Crippen molar-refractivity contribution in [3.63, 3.8) is 0 Å². The first-order valence-electron chi connectivity index (χ1n) is 8.94. The van der Waals surface area contributed by atoms with Gasteiger partial charge in [-0.25, -0.2) is 0 Å². The smallest absolute Gasteiger partial charge is 0.252 e. The molecule has 7 heteroatoms. The van der Waals surface area contributed by atoms with E-state index in [1.165, 1.54) is 11.8 Å². The van der Waals surface area contributed by atoms with Crippen LogP contribution in [0.3, 0.4) is 0 Å². The second-order valence-electron chi connectivity index (χ2n) is 6.49. The third-order valence-electron chi connectivity index (χ3n) is 4.42. The van der Waals surface area contributed by atoms with Crippen LogP contribution in [0.25, 0.3) is 0 Å². The van der Waals surface area contributed by atoms with E-state index < -0.39 is 0 Å². The van der Waals surface area contributed by atoms with Crippen LogP contribution in [-0.2, 0) is 7.05 Å². The fraction of sp³-hybridized carbons (Fsp3) is 0.238. The van der Waals surface area contributed by atoms with Crippen molar-refractivity contribution in [2.24, 2.45) is 7.05 Å². The highest BCUT2D eigenvalue weighted by molar-refractivity contribution is 7.99. The molecule has 0 bridgehead atoms. The number of Topliss-reactive ketones (excluding diaryl/α,β-unsaturated/α-hetero) is 1. The lowest BCUT2D eigenvalue weighted by Gasteiger charge is -2.14. The van der Waals surface area contributed by atoms with Crippen molar-refractivity contribution >= 4 is 23.5 Å². The fourth-order valence-corrected chi connectivity index (χ4v) is 3.65. The highest BCUT2D eigenvalue weighted by Crippen LogP contribution is 2.20. The molecule has 0 unspecified atom stereocenters. The van der Waals surface area contributed by atoms with Crippen LogP contribution in [0, 0.1) is 6.92 Å². The number of nitrogens with zero attached hydrogens (tertiary/aromatic N) is 3. The van der Waals surface area contributed by atoms with Gasteiger partial charge in [-0.15, -0.1) is 10.2 Å². The Morgan fingerprint density at radius 3 is 2.46 bits per heavy atom. The van der Waals surface area contributed by atoms with E-state index in [4.69, 9.17) is 0 Å². The van der Waals surface area contributed by atoms with E-state index in [2.05, 4.69) is 15.5 Å². The number of rotatable bonds is 7. The van der Waals surface area contributed by atoms with E-state index in [-0.39, 0.29) is 23.5 Å². The van der Waals surface area contributed by atoms with E-state index in [0.717, 1.165) is 5.56 Å². The summed E-state index contributed by atoms with van der Waals surface area (Å²) in [6, 6.07) is 16.3. The summed E-state index contributed by atoms with van der Waals surface area (Å²) in [6.07, 6.45) is 0. The van der Waals surface area contributed by atoms with Crippen LogP contribution >= 0.6 is 11.8 Å². The molecule has 2 aromatic carbocycles. The van der Waals surface area contributed by atoms with E-state index in [1.807, 2.05) is 61.9 Å². The van der Waals surface area contributed by atoms with Gasteiger partial charge in [0.1, 0.15) is 0 Å². The highest BCUT2D eigenvalue weighted by Gasteiger charge is 2.19. The van der Waals surface area contributed by atoms with Gasteiger partial charge in [0.05, 0.1) is 11.8 Å². The van der Waals surface area contributed by atoms with Crippen molar-refractivity contribution < 1.29 is 9.59 Å². The molecule has 0 radical (unpaired) electrons. The largest absolute Gasteiger partial charge is 0.342 e.